The minimum absolute atomic E-state index is 0.114. The summed E-state index contributed by atoms with van der Waals surface area (Å²) in [6, 6.07) is 13.1. The molecule has 0 aromatic heterocycles. The van der Waals surface area contributed by atoms with Crippen LogP contribution < -0.4 is 9.47 Å². The van der Waals surface area contributed by atoms with Crippen molar-refractivity contribution in [3.8, 4) is 11.5 Å². The van der Waals surface area contributed by atoms with E-state index in [1.54, 1.807) is 31.3 Å². The van der Waals surface area contributed by atoms with E-state index in [9.17, 15) is 9.59 Å². The maximum atomic E-state index is 13.0. The first-order chi connectivity index (χ1) is 14.6. The fourth-order valence-corrected chi connectivity index (χ4v) is 4.05. The molecular formula is C23H26N2O5. The molecule has 1 atom stereocenters. The van der Waals surface area contributed by atoms with Gasteiger partial charge < -0.3 is 19.1 Å². The molecule has 2 aliphatic heterocycles. The van der Waals surface area contributed by atoms with Crippen molar-refractivity contribution in [2.45, 2.75) is 19.1 Å². The van der Waals surface area contributed by atoms with Gasteiger partial charge in [0.05, 0.1) is 19.8 Å². The quantitative estimate of drug-likeness (QED) is 0.704. The lowest BCUT2D eigenvalue weighted by molar-refractivity contribution is -0.142. The molecule has 0 unspecified atom stereocenters. The van der Waals surface area contributed by atoms with Crippen molar-refractivity contribution in [2.24, 2.45) is 0 Å². The van der Waals surface area contributed by atoms with Gasteiger partial charge in [-0.05, 0) is 29.8 Å². The van der Waals surface area contributed by atoms with Crippen LogP contribution in [0.5, 0.6) is 11.5 Å². The van der Waals surface area contributed by atoms with Gasteiger partial charge in [0.2, 0.25) is 0 Å². The molecule has 1 amide bonds. The van der Waals surface area contributed by atoms with Crippen molar-refractivity contribution < 1.29 is 23.8 Å². The number of carbonyl (C=O) groups excluding carboxylic acids is 2. The first kappa shape index (κ1) is 20.2. The summed E-state index contributed by atoms with van der Waals surface area (Å²) in [4.78, 5) is 29.3. The number of piperazine rings is 1. The second-order valence-corrected chi connectivity index (χ2v) is 7.53. The van der Waals surface area contributed by atoms with Gasteiger partial charge in [0.1, 0.15) is 11.5 Å². The first-order valence-corrected chi connectivity index (χ1v) is 10.1. The normalized spacial score (nSPS) is 19.1. The van der Waals surface area contributed by atoms with Gasteiger partial charge in [0, 0.05) is 44.7 Å². The van der Waals surface area contributed by atoms with Crippen molar-refractivity contribution >= 4 is 11.9 Å². The Labute approximate surface area is 176 Å². The van der Waals surface area contributed by atoms with Crippen LogP contribution >= 0.6 is 0 Å². The number of esters is 1. The molecular weight excluding hydrogens is 384 g/mol. The van der Waals surface area contributed by atoms with Crippen LogP contribution in [0.1, 0.15) is 21.5 Å². The molecule has 2 aliphatic rings. The van der Waals surface area contributed by atoms with Gasteiger partial charge in [-0.25, -0.2) is 4.79 Å². The Morgan fingerprint density at radius 2 is 1.83 bits per heavy atom. The molecule has 0 N–H and O–H groups in total. The zero-order valence-corrected chi connectivity index (χ0v) is 17.3. The first-order valence-electron chi connectivity index (χ1n) is 10.1. The fraction of sp³-hybridized carbons (Fsp3) is 0.391. The number of ether oxygens (including phenoxy) is 3. The predicted octanol–water partition coefficient (Wildman–Crippen LogP) is 2.13. The highest BCUT2D eigenvalue weighted by molar-refractivity contribution is 5.95. The van der Waals surface area contributed by atoms with Gasteiger partial charge in [-0.1, -0.05) is 18.2 Å². The molecule has 0 spiro atoms. The fourth-order valence-electron chi connectivity index (χ4n) is 4.05. The molecule has 1 saturated heterocycles. The van der Waals surface area contributed by atoms with Crippen LogP contribution in [0.3, 0.4) is 0 Å². The predicted molar refractivity (Wildman–Crippen MR) is 111 cm³/mol. The molecule has 2 aromatic rings. The Hall–Kier alpha value is -3.06. The molecule has 4 rings (SSSR count). The molecule has 7 heteroatoms. The second-order valence-electron chi connectivity index (χ2n) is 7.53. The number of benzene rings is 2. The summed E-state index contributed by atoms with van der Waals surface area (Å²) in [6.07, 6.45) is -0.306. The highest BCUT2D eigenvalue weighted by Gasteiger charge is 2.35. The second kappa shape index (κ2) is 8.75. The lowest BCUT2D eigenvalue weighted by atomic mass is 9.98. The van der Waals surface area contributed by atoms with Crippen molar-refractivity contribution in [3.05, 3.63) is 59.2 Å². The van der Waals surface area contributed by atoms with E-state index in [0.717, 1.165) is 35.7 Å². The summed E-state index contributed by atoms with van der Waals surface area (Å²) in [5.41, 5.74) is 2.48. The summed E-state index contributed by atoms with van der Waals surface area (Å²) in [5, 5.41) is 0. The third kappa shape index (κ3) is 4.11. The molecule has 2 aromatic carbocycles. The van der Waals surface area contributed by atoms with Gasteiger partial charge >= 0.3 is 5.97 Å². The van der Waals surface area contributed by atoms with E-state index in [4.69, 9.17) is 14.2 Å². The Morgan fingerprint density at radius 1 is 1.07 bits per heavy atom. The van der Waals surface area contributed by atoms with Crippen LogP contribution in [0.15, 0.2) is 42.5 Å². The van der Waals surface area contributed by atoms with Crippen molar-refractivity contribution in [1.29, 1.82) is 0 Å². The third-order valence-corrected chi connectivity index (χ3v) is 5.73. The molecule has 7 nitrogen and oxygen atoms in total. The average molecular weight is 410 g/mol. The SMILES string of the molecule is COc1ccc(OC)c(CN2CCN(C(=O)[C@H]3Cc4ccccc4C(=O)O3)CC2)c1. The summed E-state index contributed by atoms with van der Waals surface area (Å²) in [5.74, 6) is 1.08. The van der Waals surface area contributed by atoms with Gasteiger partial charge in [-0.3, -0.25) is 9.69 Å². The Balaban J connectivity index is 1.36. The van der Waals surface area contributed by atoms with Crippen LogP contribution in [0.4, 0.5) is 0 Å². The molecule has 2 heterocycles. The topological polar surface area (TPSA) is 68.3 Å². The van der Waals surface area contributed by atoms with Crippen LogP contribution in [0, 0.1) is 0 Å². The zero-order valence-electron chi connectivity index (χ0n) is 17.3. The van der Waals surface area contributed by atoms with Gasteiger partial charge in [-0.2, -0.15) is 0 Å². The highest BCUT2D eigenvalue weighted by atomic mass is 16.5. The standard InChI is InChI=1S/C23H26N2O5/c1-28-18-7-8-20(29-2)17(13-18)15-24-9-11-25(12-10-24)22(26)21-14-16-5-3-4-6-19(16)23(27)30-21/h3-8,13,21H,9-12,14-15H2,1-2H3/t21-/m1/s1. The third-order valence-electron chi connectivity index (χ3n) is 5.73. The maximum Gasteiger partial charge on any atom is 0.339 e. The van der Waals surface area contributed by atoms with Crippen LogP contribution in [0.2, 0.25) is 0 Å². The summed E-state index contributed by atoms with van der Waals surface area (Å²) >= 11 is 0. The van der Waals surface area contributed by atoms with E-state index in [1.807, 2.05) is 30.3 Å². The summed E-state index contributed by atoms with van der Waals surface area (Å²) in [7, 11) is 3.30. The monoisotopic (exact) mass is 410 g/mol. The average Bonchev–Trinajstić information content (AvgIpc) is 2.79. The van der Waals surface area contributed by atoms with E-state index in [0.29, 0.717) is 31.6 Å². The van der Waals surface area contributed by atoms with E-state index >= 15 is 0 Å². The number of nitrogens with zero attached hydrogens (tertiary/aromatic N) is 2. The van der Waals surface area contributed by atoms with Crippen LogP contribution in [0.25, 0.3) is 0 Å². The molecule has 0 saturated carbocycles. The smallest absolute Gasteiger partial charge is 0.339 e. The largest absolute Gasteiger partial charge is 0.497 e. The number of carbonyl (C=O) groups is 2. The highest BCUT2D eigenvalue weighted by Crippen LogP contribution is 2.26. The summed E-state index contributed by atoms with van der Waals surface area (Å²) in [6.45, 7) is 3.39. The minimum atomic E-state index is -0.738. The van der Waals surface area contributed by atoms with Crippen molar-refractivity contribution in [3.63, 3.8) is 0 Å². The van der Waals surface area contributed by atoms with E-state index in [-0.39, 0.29) is 5.91 Å². The van der Waals surface area contributed by atoms with Gasteiger partial charge in [0.25, 0.3) is 5.91 Å². The van der Waals surface area contributed by atoms with Crippen molar-refractivity contribution in [1.82, 2.24) is 9.80 Å². The van der Waals surface area contributed by atoms with Crippen LogP contribution in [-0.4, -0.2) is 68.2 Å². The Bertz CT molecular complexity index is 937. The number of rotatable bonds is 5. The van der Waals surface area contributed by atoms with Gasteiger partial charge in [0.15, 0.2) is 6.10 Å². The summed E-state index contributed by atoms with van der Waals surface area (Å²) < 4.78 is 16.2. The molecule has 0 bridgehead atoms. The van der Waals surface area contributed by atoms with E-state index in [1.165, 1.54) is 0 Å². The Morgan fingerprint density at radius 3 is 2.57 bits per heavy atom. The Kier molecular flexibility index (Phi) is 5.90. The molecule has 30 heavy (non-hydrogen) atoms. The molecule has 1 fully saturated rings. The number of amides is 1. The molecule has 0 aliphatic carbocycles. The number of hydrogen-bond donors (Lipinski definition) is 0. The number of cyclic esters (lactones) is 1. The lowest BCUT2D eigenvalue weighted by Gasteiger charge is -2.37. The maximum absolute atomic E-state index is 13.0. The van der Waals surface area contributed by atoms with Crippen molar-refractivity contribution in [2.75, 3.05) is 40.4 Å². The minimum Gasteiger partial charge on any atom is -0.497 e. The lowest BCUT2D eigenvalue weighted by Crippen LogP contribution is -2.52. The van der Waals surface area contributed by atoms with Crippen LogP contribution in [-0.2, 0) is 22.5 Å². The number of methoxy groups -OCH3 is 2. The van der Waals surface area contributed by atoms with Gasteiger partial charge in [-0.15, -0.1) is 0 Å². The molecule has 158 valence electrons. The van der Waals surface area contributed by atoms with E-state index in [2.05, 4.69) is 4.90 Å². The molecule has 0 radical (unpaired) electrons. The van der Waals surface area contributed by atoms with E-state index < -0.39 is 12.1 Å². The number of hydrogen-bond acceptors (Lipinski definition) is 6. The zero-order chi connectivity index (χ0) is 21.1. The number of fused-ring (bicyclic) bond motifs is 1.